The van der Waals surface area contributed by atoms with Crippen LogP contribution in [0.25, 0.3) is 5.82 Å². The Balaban J connectivity index is 1.42. The number of pyridine rings is 2. The number of aromatic nitrogens is 5. The first kappa shape index (κ1) is 21.7. The Kier molecular flexibility index (Phi) is 5.85. The van der Waals surface area contributed by atoms with E-state index in [0.29, 0.717) is 23.8 Å². The van der Waals surface area contributed by atoms with Crippen molar-refractivity contribution in [3.05, 3.63) is 79.0 Å². The van der Waals surface area contributed by atoms with Crippen molar-refractivity contribution in [3.8, 4) is 17.3 Å². The van der Waals surface area contributed by atoms with Crippen molar-refractivity contribution in [3.63, 3.8) is 0 Å². The highest BCUT2D eigenvalue weighted by atomic mass is 19.4. The number of nitrogens with zero attached hydrogens (tertiary/aromatic N) is 5. The fraction of sp³-hybridized carbons (Fsp3) is 0.0500. The van der Waals surface area contributed by atoms with Gasteiger partial charge in [0.2, 0.25) is 0 Å². The minimum Gasteiger partial charge on any atom is -0.457 e. The topological polar surface area (TPSA) is 107 Å². The predicted octanol–water partition coefficient (Wildman–Crippen LogP) is 4.65. The number of halogens is 4. The van der Waals surface area contributed by atoms with Crippen LogP contribution in [0.5, 0.6) is 11.5 Å². The summed E-state index contributed by atoms with van der Waals surface area (Å²) >= 11 is 0. The number of hydrogen-bond donors (Lipinski definition) is 2. The second kappa shape index (κ2) is 8.90. The first-order chi connectivity index (χ1) is 15.8. The number of anilines is 2. The quantitative estimate of drug-likeness (QED) is 0.421. The minimum atomic E-state index is -4.62. The molecule has 0 saturated heterocycles. The van der Waals surface area contributed by atoms with Gasteiger partial charge in [-0.2, -0.15) is 13.2 Å². The van der Waals surface area contributed by atoms with E-state index in [0.717, 1.165) is 12.3 Å². The van der Waals surface area contributed by atoms with E-state index < -0.39 is 23.6 Å². The zero-order valence-electron chi connectivity index (χ0n) is 16.4. The summed E-state index contributed by atoms with van der Waals surface area (Å²) in [5, 5.41) is 11.8. The smallest absolute Gasteiger partial charge is 0.417 e. The second-order valence-corrected chi connectivity index (χ2v) is 6.50. The number of hydrogen-bond acceptors (Lipinski definition) is 6. The van der Waals surface area contributed by atoms with Crippen molar-refractivity contribution in [1.29, 1.82) is 0 Å². The molecule has 13 heteroatoms. The van der Waals surface area contributed by atoms with Crippen LogP contribution in [0.4, 0.5) is 33.7 Å². The third-order valence-corrected chi connectivity index (χ3v) is 4.15. The Labute approximate surface area is 183 Å². The zero-order chi connectivity index (χ0) is 23.4. The van der Waals surface area contributed by atoms with Crippen LogP contribution in [0.15, 0.2) is 67.6 Å². The SMILES string of the molecule is O=C(Nc1cncc(C(F)(F)F)c1)Nc1ccc(Oc2ccnc(-n3cnnc3)c2)cc1F. The molecule has 2 amide bonds. The molecular formula is C20H13F4N7O2. The van der Waals surface area contributed by atoms with Gasteiger partial charge in [0.05, 0.1) is 23.1 Å². The molecular weight excluding hydrogens is 446 g/mol. The third kappa shape index (κ3) is 5.39. The van der Waals surface area contributed by atoms with Crippen LogP contribution in [0, 0.1) is 5.82 Å². The number of amides is 2. The molecule has 0 radical (unpaired) electrons. The van der Waals surface area contributed by atoms with Crippen LogP contribution in [0.3, 0.4) is 0 Å². The molecule has 0 bridgehead atoms. The van der Waals surface area contributed by atoms with Gasteiger partial charge in [0.25, 0.3) is 0 Å². The van der Waals surface area contributed by atoms with Crippen LogP contribution in [0.1, 0.15) is 5.56 Å². The number of alkyl halides is 3. The van der Waals surface area contributed by atoms with Crippen molar-refractivity contribution in [2.75, 3.05) is 10.6 Å². The highest BCUT2D eigenvalue weighted by molar-refractivity contribution is 5.99. The van der Waals surface area contributed by atoms with Crippen molar-refractivity contribution in [1.82, 2.24) is 24.7 Å². The average Bonchev–Trinajstić information content (AvgIpc) is 3.31. The van der Waals surface area contributed by atoms with Gasteiger partial charge >= 0.3 is 12.2 Å². The number of benzene rings is 1. The number of ether oxygens (including phenoxy) is 1. The monoisotopic (exact) mass is 459 g/mol. The molecule has 0 saturated carbocycles. The number of rotatable bonds is 5. The number of carbonyl (C=O) groups is 1. The lowest BCUT2D eigenvalue weighted by Crippen LogP contribution is -2.20. The van der Waals surface area contributed by atoms with Crippen LogP contribution in [0.2, 0.25) is 0 Å². The van der Waals surface area contributed by atoms with Crippen LogP contribution < -0.4 is 15.4 Å². The molecule has 9 nitrogen and oxygen atoms in total. The molecule has 0 aliphatic carbocycles. The summed E-state index contributed by atoms with van der Waals surface area (Å²) in [5.41, 5.74) is -1.44. The first-order valence-corrected chi connectivity index (χ1v) is 9.17. The van der Waals surface area contributed by atoms with E-state index in [4.69, 9.17) is 4.74 Å². The predicted molar refractivity (Wildman–Crippen MR) is 108 cm³/mol. The van der Waals surface area contributed by atoms with Gasteiger partial charge in [0, 0.05) is 24.5 Å². The van der Waals surface area contributed by atoms with Crippen LogP contribution in [-0.2, 0) is 6.18 Å². The lowest BCUT2D eigenvalue weighted by atomic mass is 10.2. The standard InChI is InChI=1S/C20H13F4N7O2/c21-16-6-14(33-15-3-4-26-18(7-15)31-10-27-28-11-31)1-2-17(16)30-19(32)29-13-5-12(8-25-9-13)20(22,23)24/h1-11H,(H2,29,30,32). The van der Waals surface area contributed by atoms with Crippen molar-refractivity contribution < 1.29 is 27.1 Å². The Bertz CT molecular complexity index is 1280. The molecule has 33 heavy (non-hydrogen) atoms. The summed E-state index contributed by atoms with van der Waals surface area (Å²) < 4.78 is 59.9. The highest BCUT2D eigenvalue weighted by Crippen LogP contribution is 2.30. The van der Waals surface area contributed by atoms with Gasteiger partial charge in [0.15, 0.2) is 0 Å². The van der Waals surface area contributed by atoms with Crippen LogP contribution in [-0.4, -0.2) is 30.8 Å². The van der Waals surface area contributed by atoms with E-state index in [1.54, 1.807) is 16.7 Å². The summed E-state index contributed by atoms with van der Waals surface area (Å²) in [4.78, 5) is 19.7. The molecule has 4 aromatic rings. The summed E-state index contributed by atoms with van der Waals surface area (Å²) in [6, 6.07) is 6.61. The molecule has 1 aromatic carbocycles. The Hall–Kier alpha value is -4.55. The Morgan fingerprint density at radius 2 is 1.73 bits per heavy atom. The summed E-state index contributed by atoms with van der Waals surface area (Å²) in [5.74, 6) is 0.167. The Morgan fingerprint density at radius 1 is 0.970 bits per heavy atom. The van der Waals surface area contributed by atoms with E-state index >= 15 is 0 Å². The maximum atomic E-state index is 14.5. The molecule has 0 aliphatic heterocycles. The molecule has 0 spiro atoms. The average molecular weight is 459 g/mol. The van der Waals surface area contributed by atoms with E-state index in [-0.39, 0.29) is 17.1 Å². The van der Waals surface area contributed by atoms with E-state index in [1.165, 1.54) is 31.0 Å². The fourth-order valence-electron chi connectivity index (χ4n) is 2.67. The molecule has 3 heterocycles. The molecule has 0 fully saturated rings. The van der Waals surface area contributed by atoms with Gasteiger partial charge in [0.1, 0.15) is 35.8 Å². The van der Waals surface area contributed by atoms with E-state index in [9.17, 15) is 22.4 Å². The summed E-state index contributed by atoms with van der Waals surface area (Å²) in [7, 11) is 0. The van der Waals surface area contributed by atoms with Gasteiger partial charge in [-0.25, -0.2) is 14.2 Å². The summed E-state index contributed by atoms with van der Waals surface area (Å²) in [6.07, 6.45) is 1.43. The van der Waals surface area contributed by atoms with Crippen molar-refractivity contribution >= 4 is 17.4 Å². The maximum absolute atomic E-state index is 14.5. The highest BCUT2D eigenvalue weighted by Gasteiger charge is 2.31. The molecule has 3 aromatic heterocycles. The third-order valence-electron chi connectivity index (χ3n) is 4.15. The van der Waals surface area contributed by atoms with Gasteiger partial charge in [-0.1, -0.05) is 0 Å². The van der Waals surface area contributed by atoms with Gasteiger partial charge < -0.3 is 15.4 Å². The minimum absolute atomic E-state index is 0.140. The lowest BCUT2D eigenvalue weighted by molar-refractivity contribution is -0.137. The molecule has 0 unspecified atom stereocenters. The number of carbonyl (C=O) groups excluding carboxylic acids is 1. The molecule has 4 rings (SSSR count). The molecule has 2 N–H and O–H groups in total. The largest absolute Gasteiger partial charge is 0.457 e. The number of urea groups is 1. The second-order valence-electron chi connectivity index (χ2n) is 6.50. The van der Waals surface area contributed by atoms with Crippen molar-refractivity contribution in [2.24, 2.45) is 0 Å². The molecule has 168 valence electrons. The first-order valence-electron chi connectivity index (χ1n) is 9.17. The summed E-state index contributed by atoms with van der Waals surface area (Å²) in [6.45, 7) is 0. The zero-order valence-corrected chi connectivity index (χ0v) is 16.4. The fourth-order valence-corrected chi connectivity index (χ4v) is 2.67. The molecule has 0 aliphatic rings. The molecule has 0 atom stereocenters. The van der Waals surface area contributed by atoms with Gasteiger partial charge in [-0.15, -0.1) is 10.2 Å². The maximum Gasteiger partial charge on any atom is 0.417 e. The van der Waals surface area contributed by atoms with Gasteiger partial charge in [-0.05, 0) is 24.3 Å². The lowest BCUT2D eigenvalue weighted by Gasteiger charge is -2.12. The van der Waals surface area contributed by atoms with Crippen molar-refractivity contribution in [2.45, 2.75) is 6.18 Å². The van der Waals surface area contributed by atoms with E-state index in [2.05, 4.69) is 30.8 Å². The number of nitrogens with one attached hydrogen (secondary N) is 2. The van der Waals surface area contributed by atoms with Gasteiger partial charge in [-0.3, -0.25) is 9.55 Å². The normalized spacial score (nSPS) is 11.2. The van der Waals surface area contributed by atoms with Crippen LogP contribution >= 0.6 is 0 Å². The van der Waals surface area contributed by atoms with E-state index in [1.807, 2.05) is 0 Å². The Morgan fingerprint density at radius 3 is 2.45 bits per heavy atom.